The number of carboxylic acid groups (broad SMARTS) is 1. The number of aromatic nitrogens is 1. The average molecular weight is 247 g/mol. The van der Waals surface area contributed by atoms with Crippen LogP contribution in [0.25, 0.3) is 0 Å². The van der Waals surface area contributed by atoms with E-state index in [0.717, 1.165) is 11.1 Å². The van der Waals surface area contributed by atoms with E-state index in [9.17, 15) is 9.18 Å². The van der Waals surface area contributed by atoms with Crippen molar-refractivity contribution in [3.63, 3.8) is 0 Å². The third kappa shape index (κ3) is 2.27. The number of rotatable bonds is 3. The molecule has 0 aliphatic carbocycles. The fourth-order valence-corrected chi connectivity index (χ4v) is 1.97. The van der Waals surface area contributed by atoms with Crippen LogP contribution < -0.4 is 0 Å². The number of hydrogen-bond acceptors (Lipinski definition) is 1. The second-order valence-electron chi connectivity index (χ2n) is 4.32. The standard InChI is InChI=1S/C14H14FNO2/c1-9-7-12(15)4-3-11(9)8-16-6-5-13(10(16)2)14(17)18/h3-7H,8H2,1-2H3,(H,17,18). The van der Waals surface area contributed by atoms with Crippen LogP contribution in [-0.2, 0) is 6.54 Å². The van der Waals surface area contributed by atoms with E-state index in [4.69, 9.17) is 5.11 Å². The first-order valence-electron chi connectivity index (χ1n) is 5.63. The molecule has 4 heteroatoms. The minimum Gasteiger partial charge on any atom is -0.478 e. The summed E-state index contributed by atoms with van der Waals surface area (Å²) < 4.78 is 14.8. The highest BCUT2D eigenvalue weighted by atomic mass is 19.1. The summed E-state index contributed by atoms with van der Waals surface area (Å²) in [7, 11) is 0. The van der Waals surface area contributed by atoms with Gasteiger partial charge < -0.3 is 9.67 Å². The van der Waals surface area contributed by atoms with Crippen molar-refractivity contribution in [3.05, 3.63) is 58.7 Å². The van der Waals surface area contributed by atoms with Crippen LogP contribution >= 0.6 is 0 Å². The van der Waals surface area contributed by atoms with Gasteiger partial charge in [-0.2, -0.15) is 0 Å². The molecule has 94 valence electrons. The molecule has 0 fully saturated rings. The van der Waals surface area contributed by atoms with Crippen LogP contribution in [0.4, 0.5) is 4.39 Å². The predicted octanol–water partition coefficient (Wildman–Crippen LogP) is 2.99. The van der Waals surface area contributed by atoms with Crippen molar-refractivity contribution in [2.45, 2.75) is 20.4 Å². The summed E-state index contributed by atoms with van der Waals surface area (Å²) in [5.41, 5.74) is 2.84. The summed E-state index contributed by atoms with van der Waals surface area (Å²) in [5, 5.41) is 8.97. The fourth-order valence-electron chi connectivity index (χ4n) is 1.97. The number of aromatic carboxylic acids is 1. The largest absolute Gasteiger partial charge is 0.478 e. The van der Waals surface area contributed by atoms with Gasteiger partial charge in [-0.3, -0.25) is 0 Å². The number of nitrogens with zero attached hydrogens (tertiary/aromatic N) is 1. The summed E-state index contributed by atoms with van der Waals surface area (Å²) in [6, 6.07) is 6.20. The summed E-state index contributed by atoms with van der Waals surface area (Å²) in [6.45, 7) is 4.16. The molecule has 0 spiro atoms. The van der Waals surface area contributed by atoms with Gasteiger partial charge in [0.2, 0.25) is 0 Å². The molecule has 1 aromatic carbocycles. The monoisotopic (exact) mass is 247 g/mol. The van der Waals surface area contributed by atoms with Crippen LogP contribution in [0.5, 0.6) is 0 Å². The first kappa shape index (κ1) is 12.4. The van der Waals surface area contributed by atoms with Crippen LogP contribution in [0, 0.1) is 19.7 Å². The lowest BCUT2D eigenvalue weighted by atomic mass is 10.1. The first-order chi connectivity index (χ1) is 8.49. The van der Waals surface area contributed by atoms with Crippen molar-refractivity contribution in [2.75, 3.05) is 0 Å². The molecule has 0 saturated carbocycles. The minimum absolute atomic E-state index is 0.258. The SMILES string of the molecule is Cc1cc(F)ccc1Cn1ccc(C(=O)O)c1C. The van der Waals surface area contributed by atoms with Gasteiger partial charge in [-0.05, 0) is 43.2 Å². The molecule has 2 aromatic rings. The molecular weight excluding hydrogens is 233 g/mol. The Labute approximate surface area is 104 Å². The molecule has 0 bridgehead atoms. The number of hydrogen-bond donors (Lipinski definition) is 1. The van der Waals surface area contributed by atoms with E-state index < -0.39 is 5.97 Å². The zero-order valence-corrected chi connectivity index (χ0v) is 10.3. The van der Waals surface area contributed by atoms with Crippen molar-refractivity contribution >= 4 is 5.97 Å². The van der Waals surface area contributed by atoms with Crippen molar-refractivity contribution in [3.8, 4) is 0 Å². The van der Waals surface area contributed by atoms with Gasteiger partial charge in [-0.1, -0.05) is 6.07 Å². The molecule has 1 aromatic heterocycles. The van der Waals surface area contributed by atoms with Crippen LogP contribution in [-0.4, -0.2) is 15.6 Å². The van der Waals surface area contributed by atoms with Gasteiger partial charge >= 0.3 is 5.97 Å². The molecular formula is C14H14FNO2. The van der Waals surface area contributed by atoms with Crippen molar-refractivity contribution in [2.24, 2.45) is 0 Å². The lowest BCUT2D eigenvalue weighted by Gasteiger charge is -2.09. The topological polar surface area (TPSA) is 42.2 Å². The van der Waals surface area contributed by atoms with Gasteiger partial charge in [0.15, 0.2) is 0 Å². The van der Waals surface area contributed by atoms with Gasteiger partial charge in [-0.25, -0.2) is 9.18 Å². The Hall–Kier alpha value is -2.10. The lowest BCUT2D eigenvalue weighted by molar-refractivity contribution is 0.0696. The average Bonchev–Trinajstić information content (AvgIpc) is 2.64. The van der Waals surface area contributed by atoms with Crippen molar-refractivity contribution in [1.82, 2.24) is 4.57 Å². The molecule has 0 atom stereocenters. The minimum atomic E-state index is -0.929. The third-order valence-corrected chi connectivity index (χ3v) is 3.12. The highest BCUT2D eigenvalue weighted by Gasteiger charge is 2.11. The number of carbonyl (C=O) groups is 1. The number of carboxylic acids is 1. The smallest absolute Gasteiger partial charge is 0.337 e. The maximum atomic E-state index is 13.0. The Morgan fingerprint density at radius 3 is 2.61 bits per heavy atom. The van der Waals surface area contributed by atoms with Gasteiger partial charge in [-0.15, -0.1) is 0 Å². The Balaban J connectivity index is 2.32. The van der Waals surface area contributed by atoms with Crippen molar-refractivity contribution in [1.29, 1.82) is 0 Å². The molecule has 0 saturated heterocycles. The second kappa shape index (κ2) is 4.64. The van der Waals surface area contributed by atoms with Crippen molar-refractivity contribution < 1.29 is 14.3 Å². The number of aryl methyl sites for hydroxylation is 1. The maximum absolute atomic E-state index is 13.0. The van der Waals surface area contributed by atoms with E-state index in [0.29, 0.717) is 17.8 Å². The van der Waals surface area contributed by atoms with Gasteiger partial charge in [0.05, 0.1) is 5.56 Å². The summed E-state index contributed by atoms with van der Waals surface area (Å²) in [5.74, 6) is -1.19. The highest BCUT2D eigenvalue weighted by molar-refractivity contribution is 5.88. The number of halogens is 1. The van der Waals surface area contributed by atoms with E-state index in [1.54, 1.807) is 25.3 Å². The predicted molar refractivity (Wildman–Crippen MR) is 66.4 cm³/mol. The lowest BCUT2D eigenvalue weighted by Crippen LogP contribution is -2.05. The molecule has 0 amide bonds. The molecule has 3 nitrogen and oxygen atoms in total. The van der Waals surface area contributed by atoms with Gasteiger partial charge in [0.1, 0.15) is 5.82 Å². The molecule has 0 aliphatic heterocycles. The quantitative estimate of drug-likeness (QED) is 0.906. The van der Waals surface area contributed by atoms with E-state index >= 15 is 0 Å². The Kier molecular flexibility index (Phi) is 3.19. The molecule has 0 radical (unpaired) electrons. The summed E-state index contributed by atoms with van der Waals surface area (Å²) in [6.07, 6.45) is 1.74. The zero-order valence-electron chi connectivity index (χ0n) is 10.3. The molecule has 2 rings (SSSR count). The third-order valence-electron chi connectivity index (χ3n) is 3.12. The Bertz CT molecular complexity index is 602. The second-order valence-corrected chi connectivity index (χ2v) is 4.32. The van der Waals surface area contributed by atoms with Crippen LogP contribution in [0.1, 0.15) is 27.2 Å². The fraction of sp³-hybridized carbons (Fsp3) is 0.214. The van der Waals surface area contributed by atoms with E-state index in [1.807, 2.05) is 11.5 Å². The van der Waals surface area contributed by atoms with Crippen LogP contribution in [0.3, 0.4) is 0 Å². The molecule has 18 heavy (non-hydrogen) atoms. The normalized spacial score (nSPS) is 10.6. The first-order valence-corrected chi connectivity index (χ1v) is 5.63. The van der Waals surface area contributed by atoms with Gasteiger partial charge in [0, 0.05) is 18.4 Å². The molecule has 1 heterocycles. The Morgan fingerprint density at radius 2 is 2.06 bits per heavy atom. The highest BCUT2D eigenvalue weighted by Crippen LogP contribution is 2.16. The summed E-state index contributed by atoms with van der Waals surface area (Å²) in [4.78, 5) is 10.9. The number of benzene rings is 1. The molecule has 0 aliphatic rings. The van der Waals surface area contributed by atoms with E-state index in [2.05, 4.69) is 0 Å². The maximum Gasteiger partial charge on any atom is 0.337 e. The van der Waals surface area contributed by atoms with E-state index in [-0.39, 0.29) is 5.82 Å². The zero-order chi connectivity index (χ0) is 13.3. The molecule has 0 unspecified atom stereocenters. The Morgan fingerprint density at radius 1 is 1.33 bits per heavy atom. The van der Waals surface area contributed by atoms with E-state index in [1.165, 1.54) is 12.1 Å². The molecule has 1 N–H and O–H groups in total. The van der Waals surface area contributed by atoms with Crippen LogP contribution in [0.15, 0.2) is 30.5 Å². The summed E-state index contributed by atoms with van der Waals surface area (Å²) >= 11 is 0. The van der Waals surface area contributed by atoms with Crippen LogP contribution in [0.2, 0.25) is 0 Å². The van der Waals surface area contributed by atoms with Gasteiger partial charge in [0.25, 0.3) is 0 Å².